The highest BCUT2D eigenvalue weighted by atomic mass is 32.2. The van der Waals surface area contributed by atoms with Crippen LogP contribution in [0, 0.1) is 13.8 Å². The molecule has 2 aromatic carbocycles. The summed E-state index contributed by atoms with van der Waals surface area (Å²) in [6.07, 6.45) is 1.75. The second-order valence-corrected chi connectivity index (χ2v) is 10.7. The van der Waals surface area contributed by atoms with Crippen molar-refractivity contribution in [3.8, 4) is 0 Å². The number of benzene rings is 2. The number of para-hydroxylation sites is 1. The van der Waals surface area contributed by atoms with E-state index in [1.165, 1.54) is 27.8 Å². The summed E-state index contributed by atoms with van der Waals surface area (Å²) in [5, 5.41) is 1.31. The molecule has 5 nitrogen and oxygen atoms in total. The van der Waals surface area contributed by atoms with Crippen LogP contribution in [0.1, 0.15) is 34.1 Å². The van der Waals surface area contributed by atoms with E-state index < -0.39 is 0 Å². The molecule has 0 spiro atoms. The molecule has 0 aliphatic carbocycles. The fraction of sp³-hybridized carbons (Fsp3) is 0.296. The average Bonchev–Trinajstić information content (AvgIpc) is 3.41. The number of fused-ring (bicyclic) bond motifs is 2. The van der Waals surface area contributed by atoms with E-state index in [-0.39, 0.29) is 17.2 Å². The van der Waals surface area contributed by atoms with E-state index in [0.29, 0.717) is 23.6 Å². The van der Waals surface area contributed by atoms with Crippen molar-refractivity contribution >= 4 is 44.9 Å². The number of amides is 1. The summed E-state index contributed by atoms with van der Waals surface area (Å²) in [6, 6.07) is 16.3. The van der Waals surface area contributed by atoms with Crippen molar-refractivity contribution in [1.29, 1.82) is 0 Å². The summed E-state index contributed by atoms with van der Waals surface area (Å²) in [5.41, 5.74) is 5.42. The van der Waals surface area contributed by atoms with E-state index >= 15 is 0 Å². The Morgan fingerprint density at radius 3 is 2.65 bits per heavy atom. The van der Waals surface area contributed by atoms with Crippen LogP contribution in [0.2, 0.25) is 0 Å². The SMILES string of the molecule is CCc1sc2nc(SCC(=O)N3CCc4ccccc43)n(Cc3ccc(C)cc3)c(=O)c2c1C. The van der Waals surface area contributed by atoms with Gasteiger partial charge in [-0.1, -0.05) is 66.7 Å². The number of carbonyl (C=O) groups is 1. The molecule has 5 rings (SSSR count). The minimum Gasteiger partial charge on any atom is -0.311 e. The number of aryl methyl sites for hydroxylation is 3. The Hall–Kier alpha value is -2.90. The molecule has 174 valence electrons. The van der Waals surface area contributed by atoms with Crippen LogP contribution in [0.5, 0.6) is 0 Å². The van der Waals surface area contributed by atoms with Crippen molar-refractivity contribution in [3.63, 3.8) is 0 Å². The molecule has 0 fully saturated rings. The Balaban J connectivity index is 1.49. The number of thiophene rings is 1. The molecule has 0 radical (unpaired) electrons. The number of aromatic nitrogens is 2. The number of carbonyl (C=O) groups excluding carboxylic acids is 1. The average molecular weight is 490 g/mol. The first-order valence-corrected chi connectivity index (χ1v) is 13.4. The lowest BCUT2D eigenvalue weighted by atomic mass is 10.1. The number of hydrogen-bond donors (Lipinski definition) is 0. The number of thioether (sulfide) groups is 1. The summed E-state index contributed by atoms with van der Waals surface area (Å²) < 4.78 is 1.74. The second-order valence-electron chi connectivity index (χ2n) is 8.67. The van der Waals surface area contributed by atoms with E-state index in [2.05, 4.69) is 25.1 Å². The Kier molecular flexibility index (Phi) is 6.32. The van der Waals surface area contributed by atoms with Crippen LogP contribution in [0.4, 0.5) is 5.69 Å². The third kappa shape index (κ3) is 4.18. The molecule has 0 saturated carbocycles. The Morgan fingerprint density at radius 1 is 1.12 bits per heavy atom. The number of hydrogen-bond acceptors (Lipinski definition) is 5. The van der Waals surface area contributed by atoms with Crippen LogP contribution >= 0.6 is 23.1 Å². The first kappa shape index (κ1) is 22.9. The number of nitrogens with zero attached hydrogens (tertiary/aromatic N) is 3. The van der Waals surface area contributed by atoms with Gasteiger partial charge in [0.25, 0.3) is 5.56 Å². The maximum Gasteiger partial charge on any atom is 0.263 e. The molecule has 0 unspecified atom stereocenters. The summed E-state index contributed by atoms with van der Waals surface area (Å²) in [7, 11) is 0. The Labute approximate surface area is 207 Å². The minimum absolute atomic E-state index is 0.0273. The molecule has 0 bridgehead atoms. The van der Waals surface area contributed by atoms with Gasteiger partial charge in [0.15, 0.2) is 5.16 Å². The van der Waals surface area contributed by atoms with Gasteiger partial charge in [-0.15, -0.1) is 11.3 Å². The zero-order chi connectivity index (χ0) is 23.8. The maximum atomic E-state index is 13.7. The van der Waals surface area contributed by atoms with Gasteiger partial charge >= 0.3 is 0 Å². The largest absolute Gasteiger partial charge is 0.311 e. The fourth-order valence-electron chi connectivity index (χ4n) is 4.51. The molecule has 1 amide bonds. The third-order valence-corrected chi connectivity index (χ3v) is 8.70. The standard InChI is InChI=1S/C27H27N3O2S2/c1-4-22-18(3)24-25(34-22)28-27(30(26(24)32)15-19-11-9-17(2)10-12-19)33-16-23(31)29-14-13-20-7-5-6-8-21(20)29/h5-12H,4,13-16H2,1-3H3. The molecule has 4 aromatic rings. The van der Waals surface area contributed by atoms with Crippen molar-refractivity contribution in [2.24, 2.45) is 0 Å². The zero-order valence-corrected chi connectivity index (χ0v) is 21.3. The van der Waals surface area contributed by atoms with Gasteiger partial charge in [-0.3, -0.25) is 14.2 Å². The molecule has 0 saturated heterocycles. The highest BCUT2D eigenvalue weighted by molar-refractivity contribution is 7.99. The Morgan fingerprint density at radius 2 is 1.88 bits per heavy atom. The molecule has 0 N–H and O–H groups in total. The smallest absolute Gasteiger partial charge is 0.263 e. The lowest BCUT2D eigenvalue weighted by Crippen LogP contribution is -2.31. The summed E-state index contributed by atoms with van der Waals surface area (Å²) in [6.45, 7) is 7.30. The van der Waals surface area contributed by atoms with Crippen LogP contribution in [-0.4, -0.2) is 27.8 Å². The fourth-order valence-corrected chi connectivity index (χ4v) is 6.54. The lowest BCUT2D eigenvalue weighted by Gasteiger charge is -2.18. The molecule has 34 heavy (non-hydrogen) atoms. The zero-order valence-electron chi connectivity index (χ0n) is 19.6. The summed E-state index contributed by atoms with van der Waals surface area (Å²) in [5.74, 6) is 0.285. The van der Waals surface area contributed by atoms with Crippen molar-refractivity contribution in [1.82, 2.24) is 9.55 Å². The molecular formula is C27H27N3O2S2. The van der Waals surface area contributed by atoms with Gasteiger partial charge in [-0.2, -0.15) is 0 Å². The van der Waals surface area contributed by atoms with Crippen LogP contribution < -0.4 is 10.5 Å². The molecule has 2 aromatic heterocycles. The van der Waals surface area contributed by atoms with E-state index in [0.717, 1.165) is 34.5 Å². The quantitative estimate of drug-likeness (QED) is 0.270. The van der Waals surface area contributed by atoms with Crippen LogP contribution in [0.25, 0.3) is 10.2 Å². The third-order valence-electron chi connectivity index (χ3n) is 6.41. The first-order valence-electron chi connectivity index (χ1n) is 11.6. The molecule has 3 heterocycles. The highest BCUT2D eigenvalue weighted by Gasteiger charge is 2.25. The van der Waals surface area contributed by atoms with Crippen molar-refractivity contribution in [2.45, 2.75) is 45.3 Å². The van der Waals surface area contributed by atoms with Crippen molar-refractivity contribution in [3.05, 3.63) is 86.0 Å². The first-order chi connectivity index (χ1) is 16.5. The normalized spacial score (nSPS) is 13.0. The van der Waals surface area contributed by atoms with E-state index in [1.54, 1.807) is 15.9 Å². The number of anilines is 1. The van der Waals surface area contributed by atoms with E-state index in [9.17, 15) is 9.59 Å². The van der Waals surface area contributed by atoms with Crippen LogP contribution in [-0.2, 0) is 24.2 Å². The Bertz CT molecular complexity index is 1440. The predicted molar refractivity (Wildman–Crippen MR) is 141 cm³/mol. The lowest BCUT2D eigenvalue weighted by molar-refractivity contribution is -0.116. The minimum atomic E-state index is -0.0273. The van der Waals surface area contributed by atoms with Crippen molar-refractivity contribution < 1.29 is 4.79 Å². The molecule has 0 atom stereocenters. The van der Waals surface area contributed by atoms with Gasteiger partial charge in [-0.25, -0.2) is 4.98 Å². The van der Waals surface area contributed by atoms with Gasteiger partial charge in [0.1, 0.15) is 4.83 Å². The molecule has 7 heteroatoms. The molecule has 1 aliphatic heterocycles. The van der Waals surface area contributed by atoms with Gasteiger partial charge in [-0.05, 0) is 49.4 Å². The van der Waals surface area contributed by atoms with Gasteiger partial charge in [0, 0.05) is 17.1 Å². The maximum absolute atomic E-state index is 13.7. The van der Waals surface area contributed by atoms with Gasteiger partial charge < -0.3 is 4.90 Å². The summed E-state index contributed by atoms with van der Waals surface area (Å²) in [4.78, 5) is 35.5. The molecule has 1 aliphatic rings. The molecular weight excluding hydrogens is 462 g/mol. The van der Waals surface area contributed by atoms with E-state index in [1.807, 2.05) is 49.1 Å². The monoisotopic (exact) mass is 489 g/mol. The highest BCUT2D eigenvalue weighted by Crippen LogP contribution is 2.31. The van der Waals surface area contributed by atoms with Gasteiger partial charge in [0.05, 0.1) is 17.7 Å². The topological polar surface area (TPSA) is 55.2 Å². The van der Waals surface area contributed by atoms with Gasteiger partial charge in [0.2, 0.25) is 5.91 Å². The number of rotatable bonds is 6. The predicted octanol–water partition coefficient (Wildman–Crippen LogP) is 5.37. The summed E-state index contributed by atoms with van der Waals surface area (Å²) >= 11 is 2.94. The second kappa shape index (κ2) is 9.39. The van der Waals surface area contributed by atoms with Crippen LogP contribution in [0.15, 0.2) is 58.5 Å². The van der Waals surface area contributed by atoms with E-state index in [4.69, 9.17) is 4.98 Å². The van der Waals surface area contributed by atoms with Crippen LogP contribution in [0.3, 0.4) is 0 Å². The van der Waals surface area contributed by atoms with Crippen molar-refractivity contribution in [2.75, 3.05) is 17.2 Å².